The first-order valence-electron chi connectivity index (χ1n) is 9.15. The van der Waals surface area contributed by atoms with E-state index in [0.29, 0.717) is 16.1 Å². The van der Waals surface area contributed by atoms with E-state index in [1.165, 1.54) is 24.3 Å². The monoisotopic (exact) mass is 446 g/mol. The lowest BCUT2D eigenvalue weighted by Crippen LogP contribution is -2.40. The summed E-state index contributed by atoms with van der Waals surface area (Å²) in [5.74, 6) is -0.832. The van der Waals surface area contributed by atoms with E-state index in [-0.39, 0.29) is 30.3 Å². The number of carbonyl (C=O) groups is 1. The minimum absolute atomic E-state index is 0.0123. The van der Waals surface area contributed by atoms with Gasteiger partial charge in [0.1, 0.15) is 5.82 Å². The molecule has 156 valence electrons. The first kappa shape index (κ1) is 22.0. The number of rotatable bonds is 8. The molecule has 1 amide bonds. The van der Waals surface area contributed by atoms with Crippen LogP contribution in [-0.2, 0) is 27.9 Å². The number of amides is 1. The SMILES string of the molecule is O=C(CN(Cc1ccc(Cl)cc1)S(=O)(=O)c1ccccc1)NCc1ccc(F)cc1. The molecule has 0 aliphatic rings. The van der Waals surface area contributed by atoms with Crippen molar-refractivity contribution in [3.05, 3.63) is 101 Å². The molecule has 0 spiro atoms. The summed E-state index contributed by atoms with van der Waals surface area (Å²) in [6.07, 6.45) is 0. The van der Waals surface area contributed by atoms with E-state index in [1.54, 1.807) is 54.6 Å². The molecule has 0 bridgehead atoms. The minimum atomic E-state index is -3.90. The van der Waals surface area contributed by atoms with Gasteiger partial charge in [-0.3, -0.25) is 4.79 Å². The lowest BCUT2D eigenvalue weighted by atomic mass is 10.2. The van der Waals surface area contributed by atoms with Gasteiger partial charge >= 0.3 is 0 Å². The Morgan fingerprint density at radius 1 is 0.900 bits per heavy atom. The van der Waals surface area contributed by atoms with Gasteiger partial charge in [0, 0.05) is 18.1 Å². The van der Waals surface area contributed by atoms with E-state index in [9.17, 15) is 17.6 Å². The highest BCUT2D eigenvalue weighted by Crippen LogP contribution is 2.19. The molecule has 0 aliphatic heterocycles. The summed E-state index contributed by atoms with van der Waals surface area (Å²) in [4.78, 5) is 12.6. The molecule has 5 nitrogen and oxygen atoms in total. The Labute approximate surface area is 180 Å². The van der Waals surface area contributed by atoms with E-state index in [0.717, 1.165) is 4.31 Å². The van der Waals surface area contributed by atoms with Gasteiger partial charge in [0.05, 0.1) is 11.4 Å². The van der Waals surface area contributed by atoms with Crippen molar-refractivity contribution in [3.8, 4) is 0 Å². The summed E-state index contributed by atoms with van der Waals surface area (Å²) in [5.41, 5.74) is 1.41. The third-order valence-corrected chi connectivity index (χ3v) is 6.43. The smallest absolute Gasteiger partial charge is 0.243 e. The Morgan fingerprint density at radius 2 is 1.50 bits per heavy atom. The third-order valence-electron chi connectivity index (χ3n) is 4.38. The molecule has 0 saturated heterocycles. The Balaban J connectivity index is 1.77. The fraction of sp³-hybridized carbons (Fsp3) is 0.136. The lowest BCUT2D eigenvalue weighted by Gasteiger charge is -2.22. The van der Waals surface area contributed by atoms with Crippen molar-refractivity contribution in [2.45, 2.75) is 18.0 Å². The molecule has 0 unspecified atom stereocenters. The molecule has 30 heavy (non-hydrogen) atoms. The maximum absolute atomic E-state index is 13.1. The number of benzene rings is 3. The molecular weight excluding hydrogens is 427 g/mol. The zero-order chi connectivity index (χ0) is 21.6. The van der Waals surface area contributed by atoms with Crippen molar-refractivity contribution >= 4 is 27.5 Å². The van der Waals surface area contributed by atoms with Gasteiger partial charge < -0.3 is 5.32 Å². The summed E-state index contributed by atoms with van der Waals surface area (Å²) in [7, 11) is -3.90. The second-order valence-electron chi connectivity index (χ2n) is 6.62. The molecule has 3 rings (SSSR count). The number of hydrogen-bond acceptors (Lipinski definition) is 3. The van der Waals surface area contributed by atoms with Gasteiger partial charge in [-0.25, -0.2) is 12.8 Å². The molecule has 3 aromatic rings. The van der Waals surface area contributed by atoms with E-state index >= 15 is 0 Å². The molecule has 1 N–H and O–H groups in total. The van der Waals surface area contributed by atoms with Crippen LogP contribution in [0.4, 0.5) is 4.39 Å². The zero-order valence-electron chi connectivity index (χ0n) is 16.0. The Bertz CT molecular complexity index is 1090. The average molecular weight is 447 g/mol. The third kappa shape index (κ3) is 5.89. The highest BCUT2D eigenvalue weighted by Gasteiger charge is 2.26. The molecular formula is C22H20ClFN2O3S. The van der Waals surface area contributed by atoms with Gasteiger partial charge in [0.15, 0.2) is 0 Å². The Kier molecular flexibility index (Phi) is 7.20. The molecule has 0 saturated carbocycles. The van der Waals surface area contributed by atoms with Crippen LogP contribution < -0.4 is 5.32 Å². The van der Waals surface area contributed by atoms with E-state index < -0.39 is 15.9 Å². The van der Waals surface area contributed by atoms with Crippen LogP contribution in [0.3, 0.4) is 0 Å². The molecule has 0 aromatic heterocycles. The number of hydrogen-bond donors (Lipinski definition) is 1. The van der Waals surface area contributed by atoms with Gasteiger partial charge in [-0.05, 0) is 47.5 Å². The summed E-state index contributed by atoms with van der Waals surface area (Å²) in [5, 5.41) is 3.21. The van der Waals surface area contributed by atoms with Gasteiger partial charge in [-0.15, -0.1) is 0 Å². The Hall–Kier alpha value is -2.74. The van der Waals surface area contributed by atoms with E-state index in [2.05, 4.69) is 5.32 Å². The first-order chi connectivity index (χ1) is 14.3. The number of halogens is 2. The normalized spacial score (nSPS) is 11.4. The Morgan fingerprint density at radius 3 is 2.13 bits per heavy atom. The van der Waals surface area contributed by atoms with Crippen LogP contribution in [0.15, 0.2) is 83.8 Å². The quantitative estimate of drug-likeness (QED) is 0.569. The maximum atomic E-state index is 13.1. The second kappa shape index (κ2) is 9.84. The van der Waals surface area contributed by atoms with Crippen molar-refractivity contribution in [1.82, 2.24) is 9.62 Å². The maximum Gasteiger partial charge on any atom is 0.243 e. The van der Waals surface area contributed by atoms with Gasteiger partial charge in [-0.2, -0.15) is 4.31 Å². The van der Waals surface area contributed by atoms with E-state index in [1.807, 2.05) is 0 Å². The van der Waals surface area contributed by atoms with Gasteiger partial charge in [-0.1, -0.05) is 54.1 Å². The van der Waals surface area contributed by atoms with E-state index in [4.69, 9.17) is 11.6 Å². The van der Waals surface area contributed by atoms with Crippen LogP contribution in [0.5, 0.6) is 0 Å². The number of nitrogens with one attached hydrogen (secondary N) is 1. The summed E-state index contributed by atoms with van der Waals surface area (Å²) in [6.45, 7) is -0.182. The molecule has 0 fully saturated rings. The fourth-order valence-electron chi connectivity index (χ4n) is 2.78. The van der Waals surface area contributed by atoms with Gasteiger partial charge in [0.25, 0.3) is 0 Å². The molecule has 0 heterocycles. The molecule has 0 radical (unpaired) electrons. The van der Waals surface area contributed by atoms with Crippen molar-refractivity contribution in [2.75, 3.05) is 6.54 Å². The number of sulfonamides is 1. The van der Waals surface area contributed by atoms with Crippen molar-refractivity contribution < 1.29 is 17.6 Å². The van der Waals surface area contributed by atoms with Gasteiger partial charge in [0.2, 0.25) is 15.9 Å². The minimum Gasteiger partial charge on any atom is -0.351 e. The van der Waals surface area contributed by atoms with Crippen LogP contribution in [0.1, 0.15) is 11.1 Å². The summed E-state index contributed by atoms with van der Waals surface area (Å²) >= 11 is 5.91. The molecule has 0 aliphatic carbocycles. The first-order valence-corrected chi connectivity index (χ1v) is 11.0. The van der Waals surface area contributed by atoms with Crippen LogP contribution >= 0.6 is 11.6 Å². The number of nitrogens with zero attached hydrogens (tertiary/aromatic N) is 1. The zero-order valence-corrected chi connectivity index (χ0v) is 17.5. The van der Waals surface area contributed by atoms with Crippen LogP contribution in [0.25, 0.3) is 0 Å². The van der Waals surface area contributed by atoms with Crippen molar-refractivity contribution in [1.29, 1.82) is 0 Å². The lowest BCUT2D eigenvalue weighted by molar-refractivity contribution is -0.121. The summed E-state index contributed by atoms with van der Waals surface area (Å²) < 4.78 is 40.4. The predicted molar refractivity (Wildman–Crippen MR) is 114 cm³/mol. The largest absolute Gasteiger partial charge is 0.351 e. The van der Waals surface area contributed by atoms with Crippen LogP contribution in [0.2, 0.25) is 5.02 Å². The molecule has 3 aromatic carbocycles. The summed E-state index contributed by atoms with van der Waals surface area (Å²) in [6, 6.07) is 20.4. The average Bonchev–Trinajstić information content (AvgIpc) is 2.75. The molecule has 8 heteroatoms. The number of carbonyl (C=O) groups excluding carboxylic acids is 1. The van der Waals surface area contributed by atoms with Crippen molar-refractivity contribution in [3.63, 3.8) is 0 Å². The van der Waals surface area contributed by atoms with Crippen molar-refractivity contribution in [2.24, 2.45) is 0 Å². The predicted octanol–water partition coefficient (Wildman–Crippen LogP) is 3.99. The standard InChI is InChI=1S/C22H20ClFN2O3S/c23-19-10-6-18(7-11-19)15-26(30(28,29)21-4-2-1-3-5-21)16-22(27)25-14-17-8-12-20(24)13-9-17/h1-13H,14-16H2,(H,25,27). The van der Waals surface area contributed by atoms with Crippen LogP contribution in [0, 0.1) is 5.82 Å². The second-order valence-corrected chi connectivity index (χ2v) is 8.99. The highest BCUT2D eigenvalue weighted by molar-refractivity contribution is 7.89. The molecule has 0 atom stereocenters. The fourth-order valence-corrected chi connectivity index (χ4v) is 4.31. The highest BCUT2D eigenvalue weighted by atomic mass is 35.5. The van der Waals surface area contributed by atoms with Crippen LogP contribution in [-0.4, -0.2) is 25.2 Å². The topological polar surface area (TPSA) is 66.5 Å².